The van der Waals surface area contributed by atoms with Gasteiger partial charge in [0.1, 0.15) is 5.37 Å². The zero-order chi connectivity index (χ0) is 32.1. The highest BCUT2D eigenvalue weighted by Gasteiger charge is 2.25. The molecule has 1 aliphatic heterocycles. The molecule has 230 valence electrons. The van der Waals surface area contributed by atoms with Gasteiger partial charge in [-0.1, -0.05) is 121 Å². The van der Waals surface area contributed by atoms with Gasteiger partial charge in [-0.05, 0) is 76.3 Å². The van der Waals surface area contributed by atoms with Gasteiger partial charge in [0, 0.05) is 43.2 Å². The molecule has 0 spiro atoms. The molecule has 11 rings (SSSR count). The summed E-state index contributed by atoms with van der Waals surface area (Å²) in [6, 6.07) is 60.0. The van der Waals surface area contributed by atoms with E-state index < -0.39 is 0 Å². The summed E-state index contributed by atoms with van der Waals surface area (Å²) in [5.74, 6) is 0. The molecule has 3 nitrogen and oxygen atoms in total. The van der Waals surface area contributed by atoms with Crippen LogP contribution in [0.25, 0.3) is 76.5 Å². The molecule has 1 atom stereocenters. The topological polar surface area (TPSA) is 21.9 Å². The minimum absolute atomic E-state index is 0.210. The van der Waals surface area contributed by atoms with E-state index in [-0.39, 0.29) is 5.37 Å². The Kier molecular flexibility index (Phi) is 5.66. The summed E-state index contributed by atoms with van der Waals surface area (Å²) in [6.45, 7) is 0. The number of benzene rings is 8. The van der Waals surface area contributed by atoms with E-state index >= 15 is 0 Å². The fourth-order valence-electron chi connectivity index (χ4n) is 8.15. The smallest absolute Gasteiger partial charge is 0.103 e. The van der Waals surface area contributed by atoms with E-state index in [0.29, 0.717) is 0 Å². The van der Waals surface area contributed by atoms with Gasteiger partial charge < -0.3 is 14.5 Å². The second kappa shape index (κ2) is 10.3. The fourth-order valence-corrected chi connectivity index (χ4v) is 9.30. The van der Waals surface area contributed by atoms with Crippen molar-refractivity contribution in [2.45, 2.75) is 10.3 Å². The van der Waals surface area contributed by atoms with Crippen molar-refractivity contribution in [3.8, 4) is 11.4 Å². The molecular formula is C45H29N3S. The molecule has 4 heteroatoms. The summed E-state index contributed by atoms with van der Waals surface area (Å²) >= 11 is 1.90. The van der Waals surface area contributed by atoms with Crippen molar-refractivity contribution in [3.63, 3.8) is 0 Å². The summed E-state index contributed by atoms with van der Waals surface area (Å²) < 4.78 is 4.84. The quantitative estimate of drug-likeness (QED) is 0.194. The Morgan fingerprint density at radius 1 is 0.429 bits per heavy atom. The van der Waals surface area contributed by atoms with Crippen LogP contribution in [-0.2, 0) is 0 Å². The molecule has 2 aromatic heterocycles. The minimum atomic E-state index is 0.210. The lowest BCUT2D eigenvalue weighted by Gasteiger charge is -2.14. The zero-order valence-electron chi connectivity index (χ0n) is 26.5. The van der Waals surface area contributed by atoms with Crippen LogP contribution in [0.4, 0.5) is 5.69 Å². The first kappa shape index (κ1) is 27.0. The average molecular weight is 644 g/mol. The standard InChI is InChI=1S/C45H29N3S/c1-2-10-29(11-3-1)45-46-44-42(49-45)25-20-28-18-19-30-26-31(21-23-33(30)43(28)44)47-40-17-9-6-14-36(40)37-27-32(22-24-41(37)47)48-38-15-7-4-12-34(38)35-13-5-8-16-39(35)48/h1-27,45-46H. The Morgan fingerprint density at radius 3 is 1.69 bits per heavy atom. The molecule has 0 radical (unpaired) electrons. The van der Waals surface area contributed by atoms with Gasteiger partial charge in [-0.15, -0.1) is 0 Å². The van der Waals surface area contributed by atoms with Crippen LogP contribution in [0, 0.1) is 0 Å². The van der Waals surface area contributed by atoms with Crippen LogP contribution < -0.4 is 5.32 Å². The third-order valence-electron chi connectivity index (χ3n) is 10.3. The molecule has 3 heterocycles. The highest BCUT2D eigenvalue weighted by molar-refractivity contribution is 8.00. The lowest BCUT2D eigenvalue weighted by molar-refractivity contribution is 1.14. The van der Waals surface area contributed by atoms with Gasteiger partial charge in [-0.25, -0.2) is 0 Å². The molecule has 1 aliphatic rings. The van der Waals surface area contributed by atoms with Crippen molar-refractivity contribution in [3.05, 3.63) is 169 Å². The first-order chi connectivity index (χ1) is 24.3. The van der Waals surface area contributed by atoms with Crippen LogP contribution in [0.2, 0.25) is 0 Å². The second-order valence-corrected chi connectivity index (χ2v) is 14.1. The molecule has 0 fully saturated rings. The van der Waals surface area contributed by atoms with E-state index in [4.69, 9.17) is 0 Å². The molecule has 0 amide bonds. The maximum atomic E-state index is 3.87. The van der Waals surface area contributed by atoms with Crippen LogP contribution in [0.15, 0.2) is 169 Å². The number of nitrogens with one attached hydrogen (secondary N) is 1. The van der Waals surface area contributed by atoms with Crippen LogP contribution >= 0.6 is 11.8 Å². The van der Waals surface area contributed by atoms with Gasteiger partial charge in [0.15, 0.2) is 0 Å². The fraction of sp³-hybridized carbons (Fsp3) is 0.0222. The molecule has 0 saturated carbocycles. The Labute approximate surface area is 287 Å². The molecule has 1 N–H and O–H groups in total. The van der Waals surface area contributed by atoms with E-state index in [1.807, 2.05) is 11.8 Å². The van der Waals surface area contributed by atoms with Gasteiger partial charge in [-0.2, -0.15) is 0 Å². The molecule has 0 bridgehead atoms. The largest absolute Gasteiger partial charge is 0.368 e. The normalized spacial score (nSPS) is 14.4. The van der Waals surface area contributed by atoms with Gasteiger partial charge in [0.2, 0.25) is 0 Å². The number of fused-ring (bicyclic) bond motifs is 11. The van der Waals surface area contributed by atoms with Crippen LogP contribution in [0.5, 0.6) is 0 Å². The van der Waals surface area contributed by atoms with Crippen LogP contribution in [0.1, 0.15) is 10.9 Å². The van der Waals surface area contributed by atoms with Crippen molar-refractivity contribution < 1.29 is 0 Å². The maximum Gasteiger partial charge on any atom is 0.103 e. The van der Waals surface area contributed by atoms with Crippen LogP contribution in [0.3, 0.4) is 0 Å². The first-order valence-corrected chi connectivity index (χ1v) is 17.7. The Morgan fingerprint density at radius 2 is 0.980 bits per heavy atom. The molecule has 10 aromatic rings. The molecule has 0 aliphatic carbocycles. The number of para-hydroxylation sites is 3. The lowest BCUT2D eigenvalue weighted by atomic mass is 9.99. The number of rotatable bonds is 3. The first-order valence-electron chi connectivity index (χ1n) is 16.8. The highest BCUT2D eigenvalue weighted by atomic mass is 32.2. The highest BCUT2D eigenvalue weighted by Crippen LogP contribution is 2.51. The SMILES string of the molecule is c1ccc(C2Nc3c(ccc4ccc5cc(-n6c7ccccc7c7cc(-n8c9ccccc9c9ccccc98)ccc76)ccc5c34)S2)cc1. The van der Waals surface area contributed by atoms with Gasteiger partial charge in [0.05, 0.1) is 27.8 Å². The number of thioether (sulfide) groups is 1. The molecule has 8 aromatic carbocycles. The minimum Gasteiger partial charge on any atom is -0.368 e. The van der Waals surface area contributed by atoms with Crippen molar-refractivity contribution in [2.75, 3.05) is 5.32 Å². The number of hydrogen-bond acceptors (Lipinski definition) is 2. The summed E-state index contributed by atoms with van der Waals surface area (Å²) in [5.41, 5.74) is 9.74. The Hall–Kier alpha value is -5.97. The Balaban J connectivity index is 1.09. The number of anilines is 1. The molecule has 1 unspecified atom stereocenters. The number of nitrogens with zero attached hydrogens (tertiary/aromatic N) is 2. The number of aromatic nitrogens is 2. The van der Waals surface area contributed by atoms with Gasteiger partial charge >= 0.3 is 0 Å². The van der Waals surface area contributed by atoms with Crippen molar-refractivity contribution in [1.29, 1.82) is 0 Å². The second-order valence-electron chi connectivity index (χ2n) is 13.0. The van der Waals surface area contributed by atoms with E-state index in [1.165, 1.54) is 92.7 Å². The van der Waals surface area contributed by atoms with E-state index in [2.05, 4.69) is 178 Å². The third-order valence-corrected chi connectivity index (χ3v) is 11.5. The van der Waals surface area contributed by atoms with Gasteiger partial charge in [-0.3, -0.25) is 0 Å². The van der Waals surface area contributed by atoms with E-state index in [0.717, 1.165) is 0 Å². The van der Waals surface area contributed by atoms with Crippen LogP contribution in [-0.4, -0.2) is 9.13 Å². The zero-order valence-corrected chi connectivity index (χ0v) is 27.3. The Bertz CT molecular complexity index is 2900. The predicted octanol–water partition coefficient (Wildman–Crippen LogP) is 12.4. The lowest BCUT2D eigenvalue weighted by Crippen LogP contribution is -2.01. The monoisotopic (exact) mass is 643 g/mol. The predicted molar refractivity (Wildman–Crippen MR) is 209 cm³/mol. The van der Waals surface area contributed by atoms with Crippen molar-refractivity contribution in [1.82, 2.24) is 9.13 Å². The summed E-state index contributed by atoms with van der Waals surface area (Å²) in [4.78, 5) is 1.30. The van der Waals surface area contributed by atoms with Gasteiger partial charge in [0.25, 0.3) is 0 Å². The summed E-state index contributed by atoms with van der Waals surface area (Å²) in [6.07, 6.45) is 0. The van der Waals surface area contributed by atoms with Crippen molar-refractivity contribution >= 4 is 82.6 Å². The maximum absolute atomic E-state index is 3.87. The molecule has 49 heavy (non-hydrogen) atoms. The summed E-state index contributed by atoms with van der Waals surface area (Å²) in [5, 5.41) is 14.2. The van der Waals surface area contributed by atoms with Crippen molar-refractivity contribution in [2.24, 2.45) is 0 Å². The molecule has 0 saturated heterocycles. The number of hydrogen-bond donors (Lipinski definition) is 1. The molecular weight excluding hydrogens is 615 g/mol. The third kappa shape index (κ3) is 3.92. The average Bonchev–Trinajstić information content (AvgIpc) is 3.85. The van der Waals surface area contributed by atoms with E-state index in [9.17, 15) is 0 Å². The summed E-state index contributed by atoms with van der Waals surface area (Å²) in [7, 11) is 0. The van der Waals surface area contributed by atoms with E-state index in [1.54, 1.807) is 0 Å².